The number of esters is 1. The van der Waals surface area contributed by atoms with Crippen LogP contribution in [0.25, 0.3) is 0 Å². The molecule has 1 heterocycles. The standard InChI is InChI=1S/C22H21F3N2O7/c1-32-18-9-15(16(27(30)31)10-19(18)34-12-13-6-4-3-5-7-13)20(28)26-11-14(22(23,24)25)8-17(26)21(29)33-2/h3-7,9-10,14,17H,8,11-12H2,1-2H3/t14-,17+/m1/s1. The first-order valence-corrected chi connectivity index (χ1v) is 10.1. The quantitative estimate of drug-likeness (QED) is 0.336. The summed E-state index contributed by atoms with van der Waals surface area (Å²) in [7, 11) is 2.23. The molecule has 2 aromatic rings. The predicted molar refractivity (Wildman–Crippen MR) is 111 cm³/mol. The molecule has 1 aliphatic heterocycles. The molecule has 1 amide bonds. The third-order valence-electron chi connectivity index (χ3n) is 5.44. The topological polar surface area (TPSA) is 108 Å². The SMILES string of the molecule is COC(=O)[C@@H]1C[C@@H](C(F)(F)F)CN1C(=O)c1cc(OC)c(OCc2ccccc2)cc1[N+](=O)[O-]. The Morgan fingerprint density at radius 1 is 1.15 bits per heavy atom. The van der Waals surface area contributed by atoms with E-state index in [0.717, 1.165) is 24.8 Å². The molecule has 0 radical (unpaired) electrons. The Balaban J connectivity index is 1.97. The summed E-state index contributed by atoms with van der Waals surface area (Å²) in [5, 5.41) is 11.7. The predicted octanol–water partition coefficient (Wildman–Crippen LogP) is 3.75. The number of nitro groups is 1. The minimum Gasteiger partial charge on any atom is -0.493 e. The number of nitrogens with zero attached hydrogens (tertiary/aromatic N) is 2. The number of ether oxygens (including phenoxy) is 3. The molecule has 0 aromatic heterocycles. The van der Waals surface area contributed by atoms with Gasteiger partial charge in [0, 0.05) is 12.6 Å². The van der Waals surface area contributed by atoms with Gasteiger partial charge in [-0.2, -0.15) is 13.2 Å². The zero-order valence-corrected chi connectivity index (χ0v) is 18.2. The van der Waals surface area contributed by atoms with Crippen molar-refractivity contribution < 1.29 is 41.9 Å². The lowest BCUT2D eigenvalue weighted by Gasteiger charge is -2.23. The third kappa shape index (κ3) is 5.21. The van der Waals surface area contributed by atoms with Gasteiger partial charge < -0.3 is 19.1 Å². The largest absolute Gasteiger partial charge is 0.493 e. The number of carbonyl (C=O) groups excluding carboxylic acids is 2. The van der Waals surface area contributed by atoms with Crippen molar-refractivity contribution in [2.24, 2.45) is 5.92 Å². The van der Waals surface area contributed by atoms with E-state index in [1.807, 2.05) is 0 Å². The molecule has 0 aliphatic carbocycles. The van der Waals surface area contributed by atoms with Crippen LogP contribution < -0.4 is 9.47 Å². The second-order valence-electron chi connectivity index (χ2n) is 7.52. The minimum absolute atomic E-state index is 0.0336. The minimum atomic E-state index is -4.67. The Morgan fingerprint density at radius 3 is 2.38 bits per heavy atom. The molecule has 2 atom stereocenters. The highest BCUT2D eigenvalue weighted by Gasteiger charge is 2.52. The lowest BCUT2D eigenvalue weighted by Crippen LogP contribution is -2.41. The average molecular weight is 482 g/mol. The normalized spacial score (nSPS) is 17.9. The van der Waals surface area contributed by atoms with E-state index in [9.17, 15) is 32.9 Å². The maximum Gasteiger partial charge on any atom is 0.393 e. The number of likely N-dealkylation sites (tertiary alicyclic amines) is 1. The van der Waals surface area contributed by atoms with Crippen LogP contribution in [0.2, 0.25) is 0 Å². The van der Waals surface area contributed by atoms with Crippen molar-refractivity contribution in [1.29, 1.82) is 0 Å². The van der Waals surface area contributed by atoms with E-state index in [2.05, 4.69) is 4.74 Å². The highest BCUT2D eigenvalue weighted by atomic mass is 19.4. The first kappa shape index (κ1) is 24.8. The van der Waals surface area contributed by atoms with Gasteiger partial charge in [-0.1, -0.05) is 30.3 Å². The van der Waals surface area contributed by atoms with Crippen LogP contribution in [0.3, 0.4) is 0 Å². The molecule has 2 aromatic carbocycles. The van der Waals surface area contributed by atoms with Gasteiger partial charge in [0.05, 0.1) is 31.1 Å². The summed E-state index contributed by atoms with van der Waals surface area (Å²) in [4.78, 5) is 36.8. The molecule has 1 saturated heterocycles. The molecule has 0 bridgehead atoms. The van der Waals surface area contributed by atoms with Crippen molar-refractivity contribution >= 4 is 17.6 Å². The summed E-state index contributed by atoms with van der Waals surface area (Å²) in [6.07, 6.45) is -5.37. The van der Waals surface area contributed by atoms with E-state index < -0.39 is 59.2 Å². The molecule has 9 nitrogen and oxygen atoms in total. The number of carbonyl (C=O) groups is 2. The van der Waals surface area contributed by atoms with Gasteiger partial charge in [0.15, 0.2) is 11.5 Å². The molecule has 1 fully saturated rings. The number of alkyl halides is 3. The van der Waals surface area contributed by atoms with E-state index >= 15 is 0 Å². The van der Waals surface area contributed by atoms with Gasteiger partial charge in [-0.15, -0.1) is 0 Å². The van der Waals surface area contributed by atoms with E-state index in [4.69, 9.17) is 9.47 Å². The maximum absolute atomic E-state index is 13.3. The van der Waals surface area contributed by atoms with Gasteiger partial charge in [-0.3, -0.25) is 14.9 Å². The van der Waals surface area contributed by atoms with Crippen LogP contribution in [0, 0.1) is 16.0 Å². The average Bonchev–Trinajstić information content (AvgIpc) is 3.28. The molecule has 0 saturated carbocycles. The summed E-state index contributed by atoms with van der Waals surface area (Å²) in [6, 6.07) is 9.37. The highest BCUT2D eigenvalue weighted by Crippen LogP contribution is 2.40. The summed E-state index contributed by atoms with van der Waals surface area (Å²) < 4.78 is 55.3. The highest BCUT2D eigenvalue weighted by molar-refractivity contribution is 6.01. The molecular formula is C22H21F3N2O7. The van der Waals surface area contributed by atoms with Crippen molar-refractivity contribution in [2.45, 2.75) is 25.2 Å². The zero-order chi connectivity index (χ0) is 25.0. The van der Waals surface area contributed by atoms with Gasteiger partial charge in [-0.25, -0.2) is 4.79 Å². The van der Waals surface area contributed by atoms with Crippen LogP contribution in [0.5, 0.6) is 11.5 Å². The Kier molecular flexibility index (Phi) is 7.28. The Hall–Kier alpha value is -3.83. The number of halogens is 3. The van der Waals surface area contributed by atoms with Crippen molar-refractivity contribution in [1.82, 2.24) is 4.90 Å². The van der Waals surface area contributed by atoms with Crippen molar-refractivity contribution in [2.75, 3.05) is 20.8 Å². The number of rotatable bonds is 7. The molecule has 0 spiro atoms. The van der Waals surface area contributed by atoms with Gasteiger partial charge in [0.25, 0.3) is 11.6 Å². The van der Waals surface area contributed by atoms with Crippen molar-refractivity contribution in [3.63, 3.8) is 0 Å². The lowest BCUT2D eigenvalue weighted by atomic mass is 10.1. The maximum atomic E-state index is 13.3. The third-order valence-corrected chi connectivity index (χ3v) is 5.44. The number of methoxy groups -OCH3 is 2. The van der Waals surface area contributed by atoms with Crippen LogP contribution in [-0.2, 0) is 16.1 Å². The summed E-state index contributed by atoms with van der Waals surface area (Å²) in [5.74, 6) is -4.21. The Labute approximate surface area is 192 Å². The van der Waals surface area contributed by atoms with E-state index in [1.54, 1.807) is 30.3 Å². The first-order valence-electron chi connectivity index (χ1n) is 10.1. The van der Waals surface area contributed by atoms with Gasteiger partial charge in [0.2, 0.25) is 0 Å². The molecule has 0 unspecified atom stereocenters. The Bertz CT molecular complexity index is 1080. The molecule has 3 rings (SSSR count). The van der Waals surface area contributed by atoms with Gasteiger partial charge >= 0.3 is 12.1 Å². The number of nitro benzene ring substituents is 1. The van der Waals surface area contributed by atoms with Crippen molar-refractivity contribution in [3.8, 4) is 11.5 Å². The van der Waals surface area contributed by atoms with Crippen LogP contribution in [0.4, 0.5) is 18.9 Å². The molecule has 34 heavy (non-hydrogen) atoms. The fourth-order valence-corrected chi connectivity index (χ4v) is 3.69. The molecular weight excluding hydrogens is 461 g/mol. The first-order chi connectivity index (χ1) is 16.1. The number of hydrogen-bond donors (Lipinski definition) is 0. The summed E-state index contributed by atoms with van der Waals surface area (Å²) >= 11 is 0. The molecule has 0 N–H and O–H groups in total. The van der Waals surface area contributed by atoms with Crippen LogP contribution in [0.1, 0.15) is 22.3 Å². The van der Waals surface area contributed by atoms with Crippen LogP contribution in [0.15, 0.2) is 42.5 Å². The van der Waals surface area contributed by atoms with Crippen LogP contribution in [-0.4, -0.2) is 54.7 Å². The zero-order valence-electron chi connectivity index (χ0n) is 18.2. The number of hydrogen-bond acceptors (Lipinski definition) is 7. The summed E-state index contributed by atoms with van der Waals surface area (Å²) in [5.41, 5.74) is -0.470. The van der Waals surface area contributed by atoms with Crippen molar-refractivity contribution in [3.05, 3.63) is 63.7 Å². The van der Waals surface area contributed by atoms with Gasteiger partial charge in [-0.05, 0) is 12.0 Å². The molecule has 1 aliphatic rings. The Morgan fingerprint density at radius 2 is 1.82 bits per heavy atom. The molecule has 182 valence electrons. The smallest absolute Gasteiger partial charge is 0.393 e. The fraction of sp³-hybridized carbons (Fsp3) is 0.364. The molecule has 12 heteroatoms. The lowest BCUT2D eigenvalue weighted by molar-refractivity contribution is -0.385. The van der Waals surface area contributed by atoms with Gasteiger partial charge in [0.1, 0.15) is 18.2 Å². The van der Waals surface area contributed by atoms with Crippen LogP contribution >= 0.6 is 0 Å². The second kappa shape index (κ2) is 9.98. The number of amides is 1. The summed E-state index contributed by atoms with van der Waals surface area (Å²) in [6.45, 7) is -0.792. The monoisotopic (exact) mass is 482 g/mol. The van der Waals surface area contributed by atoms with E-state index in [0.29, 0.717) is 4.90 Å². The second-order valence-corrected chi connectivity index (χ2v) is 7.52. The number of benzene rings is 2. The van der Waals surface area contributed by atoms with E-state index in [1.165, 1.54) is 7.11 Å². The fourth-order valence-electron chi connectivity index (χ4n) is 3.69. The van der Waals surface area contributed by atoms with E-state index in [-0.39, 0.29) is 18.1 Å².